The van der Waals surface area contributed by atoms with E-state index in [1.54, 1.807) is 30.3 Å². The predicted molar refractivity (Wildman–Crippen MR) is 123 cm³/mol. The van der Waals surface area contributed by atoms with Gasteiger partial charge < -0.3 is 14.8 Å². The maximum Gasteiger partial charge on any atom is 0.264 e. The summed E-state index contributed by atoms with van der Waals surface area (Å²) in [7, 11) is -3.67. The molecule has 0 saturated carbocycles. The number of sulfonamides is 1. The molecule has 8 heteroatoms. The molecule has 0 bridgehead atoms. The molecule has 1 N–H and O–H groups in total. The van der Waals surface area contributed by atoms with Crippen molar-refractivity contribution >= 4 is 27.3 Å². The van der Waals surface area contributed by atoms with Gasteiger partial charge in [-0.3, -0.25) is 9.10 Å². The quantitative estimate of drug-likeness (QED) is 0.561. The smallest absolute Gasteiger partial charge is 0.264 e. The summed E-state index contributed by atoms with van der Waals surface area (Å²) in [5.74, 6) is 0.642. The van der Waals surface area contributed by atoms with E-state index in [4.69, 9.17) is 9.47 Å². The van der Waals surface area contributed by atoms with Crippen molar-refractivity contribution in [2.24, 2.45) is 0 Å². The fourth-order valence-electron chi connectivity index (χ4n) is 3.58. The molecular formula is C24H24N2O5S. The average molecular weight is 453 g/mol. The van der Waals surface area contributed by atoms with E-state index in [1.165, 1.54) is 16.4 Å². The molecule has 1 aliphatic rings. The summed E-state index contributed by atoms with van der Waals surface area (Å²) in [4.78, 5) is 12.4. The molecular weight excluding hydrogens is 428 g/mol. The SMILES string of the molecule is CCOc1ccccc1NC(=O)COc1ccc(S(=O)(=O)N2CCc3ccccc32)cc1. The van der Waals surface area contributed by atoms with E-state index >= 15 is 0 Å². The van der Waals surface area contributed by atoms with Crippen molar-refractivity contribution in [1.29, 1.82) is 0 Å². The van der Waals surface area contributed by atoms with Crippen molar-refractivity contribution in [1.82, 2.24) is 0 Å². The van der Waals surface area contributed by atoms with Crippen LogP contribution in [-0.4, -0.2) is 34.1 Å². The highest BCUT2D eigenvalue weighted by molar-refractivity contribution is 7.92. The van der Waals surface area contributed by atoms with E-state index in [1.807, 2.05) is 37.3 Å². The van der Waals surface area contributed by atoms with Gasteiger partial charge in [0.15, 0.2) is 6.61 Å². The molecule has 4 rings (SSSR count). The molecule has 0 aromatic heterocycles. The molecule has 0 unspecified atom stereocenters. The first-order chi connectivity index (χ1) is 15.5. The van der Waals surface area contributed by atoms with E-state index in [2.05, 4.69) is 5.32 Å². The zero-order chi connectivity index (χ0) is 22.6. The van der Waals surface area contributed by atoms with Crippen molar-refractivity contribution < 1.29 is 22.7 Å². The molecule has 3 aromatic rings. The van der Waals surface area contributed by atoms with Crippen molar-refractivity contribution in [3.63, 3.8) is 0 Å². The van der Waals surface area contributed by atoms with Gasteiger partial charge in [-0.25, -0.2) is 8.42 Å². The Balaban J connectivity index is 1.39. The van der Waals surface area contributed by atoms with Crippen LogP contribution in [0.25, 0.3) is 0 Å². The number of nitrogens with zero attached hydrogens (tertiary/aromatic N) is 1. The van der Waals surface area contributed by atoms with Crippen LogP contribution in [0.1, 0.15) is 12.5 Å². The summed E-state index contributed by atoms with van der Waals surface area (Å²) in [6.45, 7) is 2.56. The Morgan fingerprint density at radius 1 is 0.969 bits per heavy atom. The monoisotopic (exact) mass is 452 g/mol. The van der Waals surface area contributed by atoms with Gasteiger partial charge in [-0.05, 0) is 61.4 Å². The number of carbonyl (C=O) groups is 1. The molecule has 7 nitrogen and oxygen atoms in total. The third-order valence-electron chi connectivity index (χ3n) is 5.09. The van der Waals surface area contributed by atoms with Gasteiger partial charge in [0, 0.05) is 6.54 Å². The lowest BCUT2D eigenvalue weighted by Gasteiger charge is -2.19. The van der Waals surface area contributed by atoms with Gasteiger partial charge in [-0.15, -0.1) is 0 Å². The fraction of sp³-hybridized carbons (Fsp3) is 0.208. The molecule has 0 spiro atoms. The average Bonchev–Trinajstić information content (AvgIpc) is 3.25. The molecule has 3 aromatic carbocycles. The van der Waals surface area contributed by atoms with Crippen LogP contribution in [0.3, 0.4) is 0 Å². The lowest BCUT2D eigenvalue weighted by Crippen LogP contribution is -2.29. The third-order valence-corrected chi connectivity index (χ3v) is 6.91. The number of hydrogen-bond donors (Lipinski definition) is 1. The molecule has 166 valence electrons. The second-order valence-electron chi connectivity index (χ2n) is 7.19. The lowest BCUT2D eigenvalue weighted by atomic mass is 10.2. The number of hydrogen-bond acceptors (Lipinski definition) is 5. The lowest BCUT2D eigenvalue weighted by molar-refractivity contribution is -0.118. The highest BCUT2D eigenvalue weighted by Crippen LogP contribution is 2.33. The first-order valence-corrected chi connectivity index (χ1v) is 11.8. The Kier molecular flexibility index (Phi) is 6.32. The normalized spacial score (nSPS) is 12.8. The van der Waals surface area contributed by atoms with Gasteiger partial charge in [-0.2, -0.15) is 0 Å². The van der Waals surface area contributed by atoms with E-state index in [9.17, 15) is 13.2 Å². The molecule has 1 aliphatic heterocycles. The Bertz CT molecular complexity index is 1210. The number of anilines is 2. The summed E-state index contributed by atoms with van der Waals surface area (Å²) in [6, 6.07) is 20.8. The van der Waals surface area contributed by atoms with E-state index in [-0.39, 0.29) is 17.4 Å². The summed E-state index contributed by atoms with van der Waals surface area (Å²) < 4.78 is 38.6. The number of benzene rings is 3. The fourth-order valence-corrected chi connectivity index (χ4v) is 5.08. The highest BCUT2D eigenvalue weighted by atomic mass is 32.2. The van der Waals surface area contributed by atoms with Crippen LogP contribution in [0, 0.1) is 0 Å². The largest absolute Gasteiger partial charge is 0.492 e. The van der Waals surface area contributed by atoms with Crippen LogP contribution >= 0.6 is 0 Å². The Hall–Kier alpha value is -3.52. The molecule has 0 aliphatic carbocycles. The minimum atomic E-state index is -3.67. The Morgan fingerprint density at radius 3 is 2.47 bits per heavy atom. The predicted octanol–water partition coefficient (Wildman–Crippen LogP) is 3.85. The number of para-hydroxylation sites is 3. The van der Waals surface area contributed by atoms with E-state index in [0.717, 1.165) is 11.3 Å². The standard InChI is InChI=1S/C24H24N2O5S/c1-2-30-23-10-6-4-8-21(23)25-24(27)17-31-19-11-13-20(14-12-19)32(28,29)26-16-15-18-7-3-5-9-22(18)26/h3-14H,2,15-17H2,1H3,(H,25,27). The summed E-state index contributed by atoms with van der Waals surface area (Å²) in [6.07, 6.45) is 0.693. The number of amides is 1. The van der Waals surface area contributed by atoms with Gasteiger partial charge in [0.1, 0.15) is 11.5 Å². The van der Waals surface area contributed by atoms with Crippen molar-refractivity contribution in [2.45, 2.75) is 18.2 Å². The van der Waals surface area contributed by atoms with E-state index in [0.29, 0.717) is 36.8 Å². The maximum atomic E-state index is 13.1. The topological polar surface area (TPSA) is 84.9 Å². The summed E-state index contributed by atoms with van der Waals surface area (Å²) in [5.41, 5.74) is 2.31. The van der Waals surface area contributed by atoms with E-state index < -0.39 is 10.0 Å². The Labute approximate surface area is 187 Å². The first kappa shape index (κ1) is 21.7. The van der Waals surface area contributed by atoms with Crippen LogP contribution < -0.4 is 19.1 Å². The zero-order valence-electron chi connectivity index (χ0n) is 17.7. The van der Waals surface area contributed by atoms with Crippen LogP contribution in [0.5, 0.6) is 11.5 Å². The first-order valence-electron chi connectivity index (χ1n) is 10.3. The van der Waals surface area contributed by atoms with Crippen LogP contribution in [0.15, 0.2) is 77.7 Å². The Morgan fingerprint density at radius 2 is 1.69 bits per heavy atom. The second kappa shape index (κ2) is 9.32. The number of rotatable bonds is 8. The molecule has 1 heterocycles. The number of fused-ring (bicyclic) bond motifs is 1. The third kappa shape index (κ3) is 4.55. The minimum absolute atomic E-state index is 0.177. The zero-order valence-corrected chi connectivity index (χ0v) is 18.5. The minimum Gasteiger partial charge on any atom is -0.492 e. The molecule has 0 fully saturated rings. The van der Waals surface area contributed by atoms with Gasteiger partial charge in [0.05, 0.1) is 22.9 Å². The van der Waals surface area contributed by atoms with Crippen LogP contribution in [0.4, 0.5) is 11.4 Å². The number of carbonyl (C=O) groups excluding carboxylic acids is 1. The summed E-state index contributed by atoms with van der Waals surface area (Å²) in [5, 5.41) is 2.76. The molecule has 0 atom stereocenters. The van der Waals surface area contributed by atoms with Gasteiger partial charge in [-0.1, -0.05) is 30.3 Å². The molecule has 1 amide bonds. The second-order valence-corrected chi connectivity index (χ2v) is 9.06. The molecule has 0 saturated heterocycles. The maximum absolute atomic E-state index is 13.1. The number of ether oxygens (including phenoxy) is 2. The van der Waals surface area contributed by atoms with Gasteiger partial charge in [0.25, 0.3) is 15.9 Å². The van der Waals surface area contributed by atoms with Gasteiger partial charge >= 0.3 is 0 Å². The molecule has 32 heavy (non-hydrogen) atoms. The highest BCUT2D eigenvalue weighted by Gasteiger charge is 2.30. The molecule has 0 radical (unpaired) electrons. The van der Waals surface area contributed by atoms with Crippen molar-refractivity contribution in [2.75, 3.05) is 29.4 Å². The van der Waals surface area contributed by atoms with Crippen molar-refractivity contribution in [3.05, 3.63) is 78.4 Å². The van der Waals surface area contributed by atoms with Crippen LogP contribution in [0.2, 0.25) is 0 Å². The van der Waals surface area contributed by atoms with Gasteiger partial charge in [0.2, 0.25) is 0 Å². The van der Waals surface area contributed by atoms with Crippen molar-refractivity contribution in [3.8, 4) is 11.5 Å². The van der Waals surface area contributed by atoms with Crippen LogP contribution in [-0.2, 0) is 21.2 Å². The summed E-state index contributed by atoms with van der Waals surface area (Å²) >= 11 is 0. The number of nitrogens with one attached hydrogen (secondary N) is 1.